The van der Waals surface area contributed by atoms with Crippen LogP contribution >= 0.6 is 0 Å². The molecule has 0 fully saturated rings. The predicted molar refractivity (Wildman–Crippen MR) is 104 cm³/mol. The third-order valence-corrected chi connectivity index (χ3v) is 4.46. The van der Waals surface area contributed by atoms with Gasteiger partial charge in [0, 0.05) is 11.5 Å². The fraction of sp³-hybridized carbons (Fsp3) is 0.348. The highest BCUT2D eigenvalue weighted by atomic mass is 19.4. The number of ether oxygens (including phenoxy) is 2. The molecule has 0 aliphatic heterocycles. The van der Waals surface area contributed by atoms with Gasteiger partial charge in [-0.1, -0.05) is 51.1 Å². The van der Waals surface area contributed by atoms with Crippen LogP contribution in [0.15, 0.2) is 54.6 Å². The zero-order chi connectivity index (χ0) is 21.6. The number of benzene rings is 2. The van der Waals surface area contributed by atoms with Crippen molar-refractivity contribution in [2.75, 3.05) is 0 Å². The number of carbonyl (C=O) groups excluding carboxylic acids is 1. The van der Waals surface area contributed by atoms with Gasteiger partial charge in [0.25, 0.3) is 0 Å². The third kappa shape index (κ3) is 6.02. The number of hydrogen-bond donors (Lipinski definition) is 0. The summed E-state index contributed by atoms with van der Waals surface area (Å²) in [5, 5.41) is 0. The highest BCUT2D eigenvalue weighted by Crippen LogP contribution is 2.39. The van der Waals surface area contributed by atoms with Gasteiger partial charge in [-0.2, -0.15) is 13.2 Å². The Morgan fingerprint density at radius 2 is 1.62 bits per heavy atom. The normalized spacial score (nSPS) is 14.6. The molecule has 0 radical (unpaired) electrons. The molecule has 6 heteroatoms. The second-order valence-corrected chi connectivity index (χ2v) is 7.07. The van der Waals surface area contributed by atoms with Crippen LogP contribution in [0.1, 0.15) is 32.4 Å². The number of carbonyl (C=O) groups is 1. The number of halogens is 3. The molecule has 154 valence electrons. The number of terminal acetylenes is 1. The van der Waals surface area contributed by atoms with Crippen LogP contribution in [-0.4, -0.2) is 12.1 Å². The lowest BCUT2D eigenvalue weighted by Crippen LogP contribution is -2.33. The Labute approximate surface area is 168 Å². The maximum absolute atomic E-state index is 13.7. The van der Waals surface area contributed by atoms with E-state index in [2.05, 4.69) is 5.92 Å². The first-order valence-electron chi connectivity index (χ1n) is 9.19. The van der Waals surface area contributed by atoms with Crippen LogP contribution in [0.25, 0.3) is 0 Å². The minimum Gasteiger partial charge on any atom is -0.457 e. The van der Waals surface area contributed by atoms with Crippen molar-refractivity contribution < 1.29 is 27.4 Å². The van der Waals surface area contributed by atoms with E-state index in [-0.39, 0.29) is 17.2 Å². The van der Waals surface area contributed by atoms with Crippen LogP contribution < -0.4 is 4.74 Å². The van der Waals surface area contributed by atoms with E-state index in [0.29, 0.717) is 5.75 Å². The van der Waals surface area contributed by atoms with E-state index in [4.69, 9.17) is 15.9 Å². The minimum atomic E-state index is -4.79. The molecule has 2 rings (SSSR count). The Morgan fingerprint density at radius 3 is 2.17 bits per heavy atom. The van der Waals surface area contributed by atoms with E-state index in [9.17, 15) is 18.0 Å². The van der Waals surface area contributed by atoms with Crippen LogP contribution in [0.5, 0.6) is 11.5 Å². The van der Waals surface area contributed by atoms with E-state index in [1.54, 1.807) is 51.1 Å². The highest BCUT2D eigenvalue weighted by molar-refractivity contribution is 5.74. The maximum Gasteiger partial charge on any atom is 0.429 e. The van der Waals surface area contributed by atoms with Crippen LogP contribution in [0.2, 0.25) is 0 Å². The van der Waals surface area contributed by atoms with E-state index < -0.39 is 30.1 Å². The Morgan fingerprint density at radius 1 is 1.00 bits per heavy atom. The SMILES string of the molecule is C#CC(C)C(C(=O)OC(c1cccc(Oc2ccccc2)c1)C(F)(F)F)C(C)C. The molecule has 29 heavy (non-hydrogen) atoms. The molecule has 0 N–H and O–H groups in total. The van der Waals surface area contributed by atoms with E-state index in [1.807, 2.05) is 0 Å². The Hall–Kier alpha value is -2.94. The smallest absolute Gasteiger partial charge is 0.429 e. The molecule has 3 unspecified atom stereocenters. The van der Waals surface area contributed by atoms with Crippen molar-refractivity contribution in [3.63, 3.8) is 0 Å². The average Bonchev–Trinajstić information content (AvgIpc) is 2.66. The molecule has 0 spiro atoms. The van der Waals surface area contributed by atoms with Crippen molar-refractivity contribution >= 4 is 5.97 Å². The zero-order valence-corrected chi connectivity index (χ0v) is 16.4. The summed E-state index contributed by atoms with van der Waals surface area (Å²) < 4.78 is 51.7. The molecule has 0 heterocycles. The summed E-state index contributed by atoms with van der Waals surface area (Å²) in [7, 11) is 0. The van der Waals surface area contributed by atoms with Crippen molar-refractivity contribution in [1.29, 1.82) is 0 Å². The molecule has 0 amide bonds. The summed E-state index contributed by atoms with van der Waals surface area (Å²) in [6.45, 7) is 5.05. The maximum atomic E-state index is 13.7. The van der Waals surface area contributed by atoms with Gasteiger partial charge in [-0.3, -0.25) is 4.79 Å². The Balaban J connectivity index is 2.30. The summed E-state index contributed by atoms with van der Waals surface area (Å²) in [4.78, 5) is 12.5. The summed E-state index contributed by atoms with van der Waals surface area (Å²) in [5.41, 5.74) is -0.227. The lowest BCUT2D eigenvalue weighted by molar-refractivity contribution is -0.227. The van der Waals surface area contributed by atoms with Gasteiger partial charge in [0.15, 0.2) is 0 Å². The summed E-state index contributed by atoms with van der Waals surface area (Å²) in [6.07, 6.45) is -1.83. The fourth-order valence-corrected chi connectivity index (χ4v) is 3.04. The number of alkyl halides is 3. The average molecular weight is 404 g/mol. The molecular weight excluding hydrogens is 381 g/mol. The van der Waals surface area contributed by atoms with E-state index >= 15 is 0 Å². The first kappa shape index (κ1) is 22.4. The van der Waals surface area contributed by atoms with Crippen LogP contribution in [0, 0.1) is 30.1 Å². The standard InChI is InChI=1S/C23H23F3O3/c1-5-16(4)20(15(2)3)22(27)29-21(23(24,25)26)17-10-9-13-19(14-17)28-18-11-7-6-8-12-18/h1,6-16,20-21H,2-4H3. The molecule has 0 aromatic heterocycles. The summed E-state index contributed by atoms with van der Waals surface area (Å²) in [5.74, 6) is 0.468. The second-order valence-electron chi connectivity index (χ2n) is 7.07. The molecule has 2 aromatic rings. The second kappa shape index (κ2) is 9.51. The topological polar surface area (TPSA) is 35.5 Å². The van der Waals surface area contributed by atoms with Gasteiger partial charge in [0.05, 0.1) is 5.92 Å². The monoisotopic (exact) mass is 404 g/mol. The van der Waals surface area contributed by atoms with E-state index in [1.165, 1.54) is 24.3 Å². The molecule has 3 atom stereocenters. The van der Waals surface area contributed by atoms with Crippen molar-refractivity contribution in [2.24, 2.45) is 17.8 Å². The van der Waals surface area contributed by atoms with Gasteiger partial charge < -0.3 is 9.47 Å². The Kier molecular flexibility index (Phi) is 7.33. The fourth-order valence-electron chi connectivity index (χ4n) is 3.04. The third-order valence-electron chi connectivity index (χ3n) is 4.46. The number of esters is 1. The van der Waals surface area contributed by atoms with Gasteiger partial charge in [-0.15, -0.1) is 12.3 Å². The largest absolute Gasteiger partial charge is 0.457 e. The van der Waals surface area contributed by atoms with Crippen molar-refractivity contribution in [2.45, 2.75) is 33.1 Å². The Bertz CT molecular complexity index is 854. The summed E-state index contributed by atoms with van der Waals surface area (Å²) in [6, 6.07) is 14.1. The van der Waals surface area contributed by atoms with Gasteiger partial charge in [0.2, 0.25) is 6.10 Å². The summed E-state index contributed by atoms with van der Waals surface area (Å²) >= 11 is 0. The first-order valence-corrected chi connectivity index (χ1v) is 9.19. The predicted octanol–water partition coefficient (Wildman–Crippen LogP) is 6.17. The molecule has 0 saturated carbocycles. The van der Waals surface area contributed by atoms with Gasteiger partial charge in [-0.05, 0) is 30.2 Å². The number of rotatable bonds is 7. The lowest BCUT2D eigenvalue weighted by atomic mass is 9.85. The molecule has 0 saturated heterocycles. The molecule has 2 aromatic carbocycles. The number of para-hydroxylation sites is 1. The minimum absolute atomic E-state index is 0.205. The molecular formula is C23H23F3O3. The molecule has 0 bridgehead atoms. The van der Waals surface area contributed by atoms with E-state index in [0.717, 1.165) is 0 Å². The van der Waals surface area contributed by atoms with Gasteiger partial charge in [0.1, 0.15) is 11.5 Å². The van der Waals surface area contributed by atoms with Crippen molar-refractivity contribution in [1.82, 2.24) is 0 Å². The molecule has 0 aliphatic rings. The van der Waals surface area contributed by atoms with Gasteiger partial charge in [-0.25, -0.2) is 0 Å². The van der Waals surface area contributed by atoms with Crippen molar-refractivity contribution in [3.05, 3.63) is 60.2 Å². The van der Waals surface area contributed by atoms with Gasteiger partial charge >= 0.3 is 12.1 Å². The van der Waals surface area contributed by atoms with Crippen LogP contribution in [0.3, 0.4) is 0 Å². The van der Waals surface area contributed by atoms with Crippen molar-refractivity contribution in [3.8, 4) is 23.8 Å². The highest BCUT2D eigenvalue weighted by Gasteiger charge is 2.45. The first-order chi connectivity index (χ1) is 13.6. The quantitative estimate of drug-likeness (QED) is 0.409. The van der Waals surface area contributed by atoms with Crippen LogP contribution in [0.4, 0.5) is 13.2 Å². The zero-order valence-electron chi connectivity index (χ0n) is 16.4. The van der Waals surface area contributed by atoms with Crippen LogP contribution in [-0.2, 0) is 9.53 Å². The molecule has 3 nitrogen and oxygen atoms in total. The molecule has 0 aliphatic carbocycles. The number of hydrogen-bond acceptors (Lipinski definition) is 3. The lowest BCUT2D eigenvalue weighted by Gasteiger charge is -2.27.